The molecule has 1 spiro atoms. The number of amides is 1. The molecular weight excluding hydrogens is 383 g/mol. The van der Waals surface area contributed by atoms with Gasteiger partial charge in [0.2, 0.25) is 0 Å². The molecule has 130 valence electrons. The Labute approximate surface area is 155 Å². The van der Waals surface area contributed by atoms with Crippen LogP contribution in [0.4, 0.5) is 10.1 Å². The van der Waals surface area contributed by atoms with E-state index in [1.807, 2.05) is 29.2 Å². The minimum absolute atomic E-state index is 0.0232. The first kappa shape index (κ1) is 16.7. The number of likely N-dealkylation sites (tertiary alicyclic amines) is 1. The Morgan fingerprint density at radius 1 is 1.16 bits per heavy atom. The molecule has 0 saturated carbocycles. The van der Waals surface area contributed by atoms with Crippen LogP contribution in [0.5, 0.6) is 0 Å². The highest BCUT2D eigenvalue weighted by molar-refractivity contribution is 9.10. The Hall–Kier alpha value is -1.72. The molecule has 0 aliphatic carbocycles. The lowest BCUT2D eigenvalue weighted by Crippen LogP contribution is -2.44. The third-order valence-electron chi connectivity index (χ3n) is 5.54. The summed E-state index contributed by atoms with van der Waals surface area (Å²) in [4.78, 5) is 17.3. The van der Waals surface area contributed by atoms with Gasteiger partial charge in [-0.2, -0.15) is 0 Å². The van der Waals surface area contributed by atoms with E-state index in [-0.39, 0.29) is 17.1 Å². The SMILES string of the molecule is CN1CCC2(CC1)CN(C(=O)c1cccc(Br)c1)c1ccc(F)cc12. The van der Waals surface area contributed by atoms with Crippen molar-refractivity contribution >= 4 is 27.5 Å². The standard InChI is InChI=1S/C20H20BrFN2O/c1-23-9-7-20(8-10-23)13-24(18-6-5-16(22)12-17(18)20)19(25)14-3-2-4-15(21)11-14/h2-6,11-12H,7-10,13H2,1H3. The van der Waals surface area contributed by atoms with Crippen molar-refractivity contribution in [2.75, 3.05) is 31.6 Å². The number of anilines is 1. The number of hydrogen-bond acceptors (Lipinski definition) is 2. The number of carbonyl (C=O) groups is 1. The number of fused-ring (bicyclic) bond motifs is 2. The molecule has 2 aromatic carbocycles. The molecule has 0 radical (unpaired) electrons. The summed E-state index contributed by atoms with van der Waals surface area (Å²) in [7, 11) is 2.11. The second-order valence-corrected chi connectivity index (χ2v) is 8.06. The van der Waals surface area contributed by atoms with Gasteiger partial charge in [-0.05, 0) is 74.9 Å². The first-order valence-corrected chi connectivity index (χ1v) is 9.34. The molecule has 25 heavy (non-hydrogen) atoms. The summed E-state index contributed by atoms with van der Waals surface area (Å²) in [5, 5.41) is 0. The number of nitrogens with zero attached hydrogens (tertiary/aromatic N) is 2. The van der Waals surface area contributed by atoms with E-state index in [1.165, 1.54) is 6.07 Å². The second-order valence-electron chi connectivity index (χ2n) is 7.15. The van der Waals surface area contributed by atoms with Gasteiger partial charge in [0.1, 0.15) is 5.82 Å². The Kier molecular flexibility index (Phi) is 4.16. The second kappa shape index (κ2) is 6.22. The fourth-order valence-electron chi connectivity index (χ4n) is 4.07. The summed E-state index contributed by atoms with van der Waals surface area (Å²) in [6.07, 6.45) is 1.89. The average Bonchev–Trinajstić information content (AvgIpc) is 2.91. The van der Waals surface area contributed by atoms with Crippen molar-refractivity contribution in [3.8, 4) is 0 Å². The Morgan fingerprint density at radius 3 is 2.64 bits per heavy atom. The van der Waals surface area contributed by atoms with Gasteiger partial charge >= 0.3 is 0 Å². The number of benzene rings is 2. The highest BCUT2D eigenvalue weighted by Crippen LogP contribution is 2.47. The van der Waals surface area contributed by atoms with Gasteiger partial charge in [-0.15, -0.1) is 0 Å². The highest BCUT2D eigenvalue weighted by atomic mass is 79.9. The van der Waals surface area contributed by atoms with Crippen LogP contribution in [0.15, 0.2) is 46.9 Å². The van der Waals surface area contributed by atoms with Gasteiger partial charge in [0.15, 0.2) is 0 Å². The Bertz CT molecular complexity index is 830. The molecule has 5 heteroatoms. The molecule has 0 unspecified atom stereocenters. The van der Waals surface area contributed by atoms with Crippen molar-refractivity contribution in [3.05, 3.63) is 63.9 Å². The molecular formula is C20H20BrFN2O. The van der Waals surface area contributed by atoms with Gasteiger partial charge in [0.25, 0.3) is 5.91 Å². The Morgan fingerprint density at radius 2 is 1.92 bits per heavy atom. The summed E-state index contributed by atoms with van der Waals surface area (Å²) in [6, 6.07) is 12.3. The van der Waals surface area contributed by atoms with Crippen LogP contribution in [0, 0.1) is 5.82 Å². The fraction of sp³-hybridized carbons (Fsp3) is 0.350. The van der Waals surface area contributed by atoms with Crippen LogP contribution in [0.2, 0.25) is 0 Å². The number of carbonyl (C=O) groups excluding carboxylic acids is 1. The van der Waals surface area contributed by atoms with E-state index in [1.54, 1.807) is 12.1 Å². The molecule has 0 aromatic heterocycles. The van der Waals surface area contributed by atoms with E-state index in [0.717, 1.165) is 41.7 Å². The van der Waals surface area contributed by atoms with Crippen LogP contribution in [0.3, 0.4) is 0 Å². The molecule has 2 aliphatic rings. The zero-order valence-corrected chi connectivity index (χ0v) is 15.7. The van der Waals surface area contributed by atoms with Crippen LogP contribution in [0.1, 0.15) is 28.8 Å². The van der Waals surface area contributed by atoms with Crippen molar-refractivity contribution in [3.63, 3.8) is 0 Å². The van der Waals surface area contributed by atoms with E-state index in [9.17, 15) is 9.18 Å². The molecule has 2 aromatic rings. The van der Waals surface area contributed by atoms with E-state index in [0.29, 0.717) is 12.1 Å². The van der Waals surface area contributed by atoms with Crippen LogP contribution in [-0.4, -0.2) is 37.5 Å². The monoisotopic (exact) mass is 402 g/mol. The summed E-state index contributed by atoms with van der Waals surface area (Å²) < 4.78 is 14.8. The van der Waals surface area contributed by atoms with Gasteiger partial charge in [0.05, 0.1) is 0 Å². The summed E-state index contributed by atoms with van der Waals surface area (Å²) in [5.41, 5.74) is 2.36. The molecule has 0 bridgehead atoms. The van der Waals surface area contributed by atoms with Crippen LogP contribution in [-0.2, 0) is 5.41 Å². The molecule has 1 saturated heterocycles. The first-order valence-electron chi connectivity index (χ1n) is 8.55. The lowest BCUT2D eigenvalue weighted by atomic mass is 9.74. The molecule has 1 fully saturated rings. The summed E-state index contributed by atoms with van der Waals surface area (Å²) in [6.45, 7) is 2.56. The van der Waals surface area contributed by atoms with Gasteiger partial charge in [-0.3, -0.25) is 4.79 Å². The summed E-state index contributed by atoms with van der Waals surface area (Å²) >= 11 is 3.43. The molecule has 1 amide bonds. The quantitative estimate of drug-likeness (QED) is 0.712. The van der Waals surface area contributed by atoms with Crippen molar-refractivity contribution in [2.45, 2.75) is 18.3 Å². The number of rotatable bonds is 1. The van der Waals surface area contributed by atoms with Gasteiger partial charge in [0, 0.05) is 27.7 Å². The lowest BCUT2D eigenvalue weighted by Gasteiger charge is -2.38. The predicted molar refractivity (Wildman–Crippen MR) is 101 cm³/mol. The third kappa shape index (κ3) is 2.89. The minimum Gasteiger partial charge on any atom is -0.307 e. The minimum atomic E-state index is -0.228. The average molecular weight is 403 g/mol. The molecule has 4 rings (SSSR count). The normalized spacial score (nSPS) is 19.2. The van der Waals surface area contributed by atoms with Crippen molar-refractivity contribution < 1.29 is 9.18 Å². The number of hydrogen-bond donors (Lipinski definition) is 0. The van der Waals surface area contributed by atoms with Crippen LogP contribution >= 0.6 is 15.9 Å². The smallest absolute Gasteiger partial charge is 0.258 e. The van der Waals surface area contributed by atoms with E-state index in [2.05, 4.69) is 27.9 Å². The molecule has 0 atom stereocenters. The maximum absolute atomic E-state index is 14.0. The summed E-state index contributed by atoms with van der Waals surface area (Å²) in [5.74, 6) is -0.251. The third-order valence-corrected chi connectivity index (χ3v) is 6.04. The van der Waals surface area contributed by atoms with Crippen molar-refractivity contribution in [2.24, 2.45) is 0 Å². The zero-order chi connectivity index (χ0) is 17.6. The maximum atomic E-state index is 14.0. The van der Waals surface area contributed by atoms with Crippen molar-refractivity contribution in [1.82, 2.24) is 4.90 Å². The zero-order valence-electron chi connectivity index (χ0n) is 14.1. The molecule has 0 N–H and O–H groups in total. The topological polar surface area (TPSA) is 23.6 Å². The van der Waals surface area contributed by atoms with Crippen LogP contribution < -0.4 is 4.90 Å². The van der Waals surface area contributed by atoms with E-state index in [4.69, 9.17) is 0 Å². The van der Waals surface area contributed by atoms with Gasteiger partial charge in [-0.1, -0.05) is 22.0 Å². The van der Waals surface area contributed by atoms with Crippen LogP contribution in [0.25, 0.3) is 0 Å². The Balaban J connectivity index is 1.75. The molecule has 2 aliphatic heterocycles. The first-order chi connectivity index (χ1) is 12.0. The maximum Gasteiger partial charge on any atom is 0.258 e. The van der Waals surface area contributed by atoms with E-state index < -0.39 is 0 Å². The highest BCUT2D eigenvalue weighted by Gasteiger charge is 2.46. The largest absolute Gasteiger partial charge is 0.307 e. The van der Waals surface area contributed by atoms with E-state index >= 15 is 0 Å². The number of halogens is 2. The fourth-order valence-corrected chi connectivity index (χ4v) is 4.47. The number of piperidine rings is 1. The lowest BCUT2D eigenvalue weighted by molar-refractivity contribution is 0.0979. The predicted octanol–water partition coefficient (Wildman–Crippen LogP) is 4.21. The van der Waals surface area contributed by atoms with Gasteiger partial charge in [-0.25, -0.2) is 4.39 Å². The molecule has 2 heterocycles. The molecule has 3 nitrogen and oxygen atoms in total. The van der Waals surface area contributed by atoms with Gasteiger partial charge < -0.3 is 9.80 Å². The van der Waals surface area contributed by atoms with Crippen molar-refractivity contribution in [1.29, 1.82) is 0 Å².